The van der Waals surface area contributed by atoms with Crippen LogP contribution >= 0.6 is 0 Å². The van der Waals surface area contributed by atoms with Crippen molar-refractivity contribution in [2.75, 3.05) is 13.2 Å². The molecular weight excluding hydrogens is 220 g/mol. The summed E-state index contributed by atoms with van der Waals surface area (Å²) in [4.78, 5) is 24.9. The highest BCUT2D eigenvalue weighted by Crippen LogP contribution is 2.27. The standard InChI is InChI=1S/C12H20N2O3/c1-3-5-10(13)12(16)14(9-6-7-9)8-11(15)17-4-2/h3,9-10H,1,4-8,13H2,2H3. The average molecular weight is 240 g/mol. The Bertz CT molecular complexity index is 300. The summed E-state index contributed by atoms with van der Waals surface area (Å²) in [5.41, 5.74) is 5.73. The second-order valence-electron chi connectivity index (χ2n) is 4.13. The zero-order valence-corrected chi connectivity index (χ0v) is 10.2. The summed E-state index contributed by atoms with van der Waals surface area (Å²) in [6, 6.07) is -0.453. The Kier molecular flexibility index (Phi) is 5.15. The first-order valence-corrected chi connectivity index (χ1v) is 5.92. The lowest BCUT2D eigenvalue weighted by molar-refractivity contribution is -0.149. The Labute approximate surface area is 102 Å². The predicted octanol–water partition coefficient (Wildman–Crippen LogP) is 0.444. The number of carbonyl (C=O) groups is 2. The van der Waals surface area contributed by atoms with E-state index in [-0.39, 0.29) is 24.5 Å². The maximum Gasteiger partial charge on any atom is 0.325 e. The molecule has 0 spiro atoms. The monoisotopic (exact) mass is 240 g/mol. The molecule has 1 unspecified atom stereocenters. The van der Waals surface area contributed by atoms with E-state index >= 15 is 0 Å². The Hall–Kier alpha value is -1.36. The zero-order chi connectivity index (χ0) is 12.8. The molecule has 0 aliphatic heterocycles. The number of amides is 1. The molecule has 1 rings (SSSR count). The van der Waals surface area contributed by atoms with Gasteiger partial charge in [0.25, 0.3) is 0 Å². The van der Waals surface area contributed by atoms with Gasteiger partial charge in [0.15, 0.2) is 0 Å². The highest BCUT2D eigenvalue weighted by Gasteiger charge is 2.35. The van der Waals surface area contributed by atoms with Crippen LogP contribution in [0.2, 0.25) is 0 Å². The van der Waals surface area contributed by atoms with Gasteiger partial charge >= 0.3 is 5.97 Å². The molecule has 0 aromatic carbocycles. The summed E-state index contributed by atoms with van der Waals surface area (Å²) in [5.74, 6) is -0.570. The van der Waals surface area contributed by atoms with Gasteiger partial charge in [0.1, 0.15) is 6.54 Å². The van der Waals surface area contributed by atoms with Crippen LogP contribution in [0.1, 0.15) is 26.2 Å². The number of nitrogens with two attached hydrogens (primary N) is 1. The Morgan fingerprint density at radius 1 is 1.59 bits per heavy atom. The largest absolute Gasteiger partial charge is 0.465 e. The molecule has 0 saturated heterocycles. The number of ether oxygens (including phenoxy) is 1. The number of hydrogen-bond donors (Lipinski definition) is 1. The van der Waals surface area contributed by atoms with Crippen LogP contribution in [-0.4, -0.2) is 42.0 Å². The first-order valence-electron chi connectivity index (χ1n) is 5.92. The fourth-order valence-electron chi connectivity index (χ4n) is 1.61. The third-order valence-electron chi connectivity index (χ3n) is 2.61. The van der Waals surface area contributed by atoms with Crippen LogP contribution in [0, 0.1) is 0 Å². The van der Waals surface area contributed by atoms with Gasteiger partial charge in [-0.2, -0.15) is 0 Å². The fraction of sp³-hybridized carbons (Fsp3) is 0.667. The summed E-state index contributed by atoms with van der Waals surface area (Å²) in [5, 5.41) is 0. The van der Waals surface area contributed by atoms with Crippen molar-refractivity contribution in [3.05, 3.63) is 12.7 Å². The molecule has 2 N–H and O–H groups in total. The minimum atomic E-state index is -0.609. The van der Waals surface area contributed by atoms with Crippen molar-refractivity contribution in [3.8, 4) is 0 Å². The smallest absolute Gasteiger partial charge is 0.325 e. The predicted molar refractivity (Wildman–Crippen MR) is 64.2 cm³/mol. The third kappa shape index (κ3) is 4.19. The van der Waals surface area contributed by atoms with Crippen molar-refractivity contribution < 1.29 is 14.3 Å². The molecule has 96 valence electrons. The summed E-state index contributed by atoms with van der Waals surface area (Å²) >= 11 is 0. The second-order valence-corrected chi connectivity index (χ2v) is 4.13. The lowest BCUT2D eigenvalue weighted by Crippen LogP contribution is -2.47. The summed E-state index contributed by atoms with van der Waals surface area (Å²) < 4.78 is 4.85. The number of esters is 1. The Balaban J connectivity index is 2.55. The molecule has 0 aromatic rings. The third-order valence-corrected chi connectivity index (χ3v) is 2.61. The number of rotatable bonds is 7. The van der Waals surface area contributed by atoms with Gasteiger partial charge in [-0.1, -0.05) is 6.08 Å². The quantitative estimate of drug-likeness (QED) is 0.518. The first-order chi connectivity index (χ1) is 8.10. The van der Waals surface area contributed by atoms with Crippen molar-refractivity contribution in [1.29, 1.82) is 0 Å². The molecule has 5 nitrogen and oxygen atoms in total. The summed E-state index contributed by atoms with van der Waals surface area (Å²) in [7, 11) is 0. The average Bonchev–Trinajstić information content (AvgIpc) is 3.09. The molecule has 1 aliphatic rings. The Morgan fingerprint density at radius 2 is 2.24 bits per heavy atom. The molecule has 1 atom stereocenters. The second kappa shape index (κ2) is 6.39. The van der Waals surface area contributed by atoms with E-state index in [1.165, 1.54) is 4.90 Å². The van der Waals surface area contributed by atoms with Gasteiger partial charge in [-0.25, -0.2) is 0 Å². The van der Waals surface area contributed by atoms with Gasteiger partial charge in [-0.3, -0.25) is 9.59 Å². The molecular formula is C12H20N2O3. The lowest BCUT2D eigenvalue weighted by Gasteiger charge is -2.24. The van der Waals surface area contributed by atoms with Gasteiger partial charge < -0.3 is 15.4 Å². The van der Waals surface area contributed by atoms with Crippen molar-refractivity contribution in [2.24, 2.45) is 5.73 Å². The number of hydrogen-bond acceptors (Lipinski definition) is 4. The maximum absolute atomic E-state index is 12.0. The van der Waals surface area contributed by atoms with E-state index in [4.69, 9.17) is 10.5 Å². The van der Waals surface area contributed by atoms with Crippen LogP contribution in [0.5, 0.6) is 0 Å². The summed E-state index contributed by atoms with van der Waals surface area (Å²) in [6.07, 6.45) is 3.90. The molecule has 0 aromatic heterocycles. The molecule has 0 heterocycles. The van der Waals surface area contributed by atoms with E-state index in [2.05, 4.69) is 6.58 Å². The van der Waals surface area contributed by atoms with E-state index in [9.17, 15) is 9.59 Å². The van der Waals surface area contributed by atoms with Gasteiger partial charge in [-0.15, -0.1) is 6.58 Å². The zero-order valence-electron chi connectivity index (χ0n) is 10.2. The lowest BCUT2D eigenvalue weighted by atomic mass is 10.2. The molecule has 5 heteroatoms. The van der Waals surface area contributed by atoms with Crippen LogP contribution < -0.4 is 5.73 Å². The Morgan fingerprint density at radius 3 is 2.71 bits per heavy atom. The van der Waals surface area contributed by atoms with E-state index in [1.807, 2.05) is 0 Å². The fourth-order valence-corrected chi connectivity index (χ4v) is 1.61. The topological polar surface area (TPSA) is 72.6 Å². The molecule has 1 amide bonds. The van der Waals surface area contributed by atoms with Gasteiger partial charge in [0.05, 0.1) is 12.6 Å². The van der Waals surface area contributed by atoms with Crippen LogP contribution in [0.25, 0.3) is 0 Å². The molecule has 17 heavy (non-hydrogen) atoms. The maximum atomic E-state index is 12.0. The normalized spacial score (nSPS) is 16.1. The SMILES string of the molecule is C=CCC(N)C(=O)N(CC(=O)OCC)C1CC1. The van der Waals surface area contributed by atoms with Gasteiger partial charge in [0, 0.05) is 6.04 Å². The molecule has 0 bridgehead atoms. The molecule has 1 fully saturated rings. The van der Waals surface area contributed by atoms with Gasteiger partial charge in [-0.05, 0) is 26.2 Å². The summed E-state index contributed by atoms with van der Waals surface area (Å²) in [6.45, 7) is 5.62. The molecule has 1 aliphatic carbocycles. The van der Waals surface area contributed by atoms with E-state index in [0.717, 1.165) is 12.8 Å². The van der Waals surface area contributed by atoms with Crippen molar-refractivity contribution in [3.63, 3.8) is 0 Å². The van der Waals surface area contributed by atoms with Crippen LogP contribution in [-0.2, 0) is 14.3 Å². The van der Waals surface area contributed by atoms with Crippen LogP contribution in [0.4, 0.5) is 0 Å². The minimum absolute atomic E-state index is 0.00217. The highest BCUT2D eigenvalue weighted by atomic mass is 16.5. The highest BCUT2D eigenvalue weighted by molar-refractivity contribution is 5.86. The number of nitrogens with zero attached hydrogens (tertiary/aromatic N) is 1. The number of carbonyl (C=O) groups excluding carboxylic acids is 2. The molecule has 1 saturated carbocycles. The van der Waals surface area contributed by atoms with Crippen molar-refractivity contribution in [1.82, 2.24) is 4.90 Å². The van der Waals surface area contributed by atoms with E-state index in [1.54, 1.807) is 13.0 Å². The van der Waals surface area contributed by atoms with Crippen molar-refractivity contribution >= 4 is 11.9 Å². The molecule has 0 radical (unpaired) electrons. The van der Waals surface area contributed by atoms with Crippen LogP contribution in [0.15, 0.2) is 12.7 Å². The minimum Gasteiger partial charge on any atom is -0.465 e. The first kappa shape index (κ1) is 13.7. The van der Waals surface area contributed by atoms with E-state index < -0.39 is 6.04 Å². The van der Waals surface area contributed by atoms with E-state index in [0.29, 0.717) is 13.0 Å². The van der Waals surface area contributed by atoms with Gasteiger partial charge in [0.2, 0.25) is 5.91 Å². The van der Waals surface area contributed by atoms with Crippen molar-refractivity contribution in [2.45, 2.75) is 38.3 Å². The van der Waals surface area contributed by atoms with Crippen LogP contribution in [0.3, 0.4) is 0 Å².